The smallest absolute Gasteiger partial charge is 0.409 e. The van der Waals surface area contributed by atoms with Gasteiger partial charge in [-0.2, -0.15) is 4.98 Å². The van der Waals surface area contributed by atoms with E-state index in [1.165, 1.54) is 11.1 Å². The summed E-state index contributed by atoms with van der Waals surface area (Å²) in [5.74, 6) is 1.48. The minimum Gasteiger partial charge on any atom is -0.450 e. The molecular formula is C21H29N5O2. The minimum absolute atomic E-state index is 0.249. The number of anilines is 3. The number of rotatable bonds is 5. The van der Waals surface area contributed by atoms with Crippen molar-refractivity contribution in [1.29, 1.82) is 0 Å². The number of hydrogen-bond donors (Lipinski definition) is 1. The van der Waals surface area contributed by atoms with Crippen LogP contribution in [0.15, 0.2) is 24.3 Å². The van der Waals surface area contributed by atoms with Gasteiger partial charge < -0.3 is 19.9 Å². The van der Waals surface area contributed by atoms with Gasteiger partial charge in [-0.25, -0.2) is 9.78 Å². The number of para-hydroxylation sites is 1. The Balaban J connectivity index is 1.75. The van der Waals surface area contributed by atoms with Gasteiger partial charge in [-0.3, -0.25) is 0 Å². The van der Waals surface area contributed by atoms with Crippen LogP contribution >= 0.6 is 0 Å². The van der Waals surface area contributed by atoms with E-state index < -0.39 is 0 Å². The van der Waals surface area contributed by atoms with Crippen LogP contribution in [0.4, 0.5) is 22.2 Å². The minimum atomic E-state index is -0.249. The highest BCUT2D eigenvalue weighted by atomic mass is 16.6. The van der Waals surface area contributed by atoms with Crippen molar-refractivity contribution in [3.05, 3.63) is 41.1 Å². The Hall–Kier alpha value is -2.83. The first kappa shape index (κ1) is 19.9. The highest BCUT2D eigenvalue weighted by Crippen LogP contribution is 2.26. The molecule has 2 aromatic rings. The van der Waals surface area contributed by atoms with Crippen molar-refractivity contribution in [2.45, 2.75) is 34.1 Å². The lowest BCUT2D eigenvalue weighted by molar-refractivity contribution is 0.105. The van der Waals surface area contributed by atoms with E-state index in [4.69, 9.17) is 9.72 Å². The maximum absolute atomic E-state index is 11.9. The number of aromatic nitrogens is 2. The van der Waals surface area contributed by atoms with Crippen LogP contribution in [-0.4, -0.2) is 53.7 Å². The first-order chi connectivity index (χ1) is 13.5. The Labute approximate surface area is 166 Å². The number of carbonyl (C=O) groups is 1. The van der Waals surface area contributed by atoms with Gasteiger partial charge in [0, 0.05) is 43.6 Å². The molecule has 1 aromatic carbocycles. The largest absolute Gasteiger partial charge is 0.450 e. The Morgan fingerprint density at radius 2 is 1.89 bits per heavy atom. The highest BCUT2D eigenvalue weighted by molar-refractivity contribution is 5.68. The Kier molecular flexibility index (Phi) is 6.34. The molecule has 1 fully saturated rings. The second-order valence-electron chi connectivity index (χ2n) is 6.96. The summed E-state index contributed by atoms with van der Waals surface area (Å²) in [6.07, 6.45) is 0.706. The monoisotopic (exact) mass is 383 g/mol. The molecule has 2 heterocycles. The van der Waals surface area contributed by atoms with Gasteiger partial charge in [0.1, 0.15) is 5.82 Å². The van der Waals surface area contributed by atoms with Crippen molar-refractivity contribution in [2.24, 2.45) is 0 Å². The molecular weight excluding hydrogens is 354 g/mol. The molecule has 1 aliphatic heterocycles. The number of amides is 1. The highest BCUT2D eigenvalue weighted by Gasteiger charge is 2.23. The van der Waals surface area contributed by atoms with E-state index in [0.29, 0.717) is 38.7 Å². The molecule has 1 saturated heterocycles. The van der Waals surface area contributed by atoms with Crippen molar-refractivity contribution in [2.75, 3.05) is 43.0 Å². The molecule has 0 unspecified atom stereocenters. The van der Waals surface area contributed by atoms with Crippen LogP contribution in [0, 0.1) is 13.8 Å². The van der Waals surface area contributed by atoms with Gasteiger partial charge in [-0.15, -0.1) is 0 Å². The summed E-state index contributed by atoms with van der Waals surface area (Å²) in [6.45, 7) is 11.0. The third-order valence-electron chi connectivity index (χ3n) is 4.92. The lowest BCUT2D eigenvalue weighted by atomic mass is 10.1. The first-order valence-electron chi connectivity index (χ1n) is 9.89. The molecule has 0 atom stereocenters. The van der Waals surface area contributed by atoms with Gasteiger partial charge in [0.25, 0.3) is 0 Å². The molecule has 150 valence electrons. The topological polar surface area (TPSA) is 70.6 Å². The second-order valence-corrected chi connectivity index (χ2v) is 6.96. The molecule has 7 heteroatoms. The van der Waals surface area contributed by atoms with Crippen LogP contribution in [-0.2, 0) is 11.2 Å². The number of benzene rings is 1. The average molecular weight is 383 g/mol. The van der Waals surface area contributed by atoms with E-state index in [1.54, 1.807) is 4.90 Å². The Bertz CT molecular complexity index is 832. The molecule has 1 aromatic heterocycles. The van der Waals surface area contributed by atoms with Crippen molar-refractivity contribution < 1.29 is 9.53 Å². The van der Waals surface area contributed by atoms with Gasteiger partial charge >= 0.3 is 6.09 Å². The molecule has 0 bridgehead atoms. The molecule has 1 N–H and O–H groups in total. The summed E-state index contributed by atoms with van der Waals surface area (Å²) in [7, 11) is 0. The fourth-order valence-electron chi connectivity index (χ4n) is 3.39. The van der Waals surface area contributed by atoms with E-state index in [-0.39, 0.29) is 6.09 Å². The third kappa shape index (κ3) is 4.52. The zero-order chi connectivity index (χ0) is 20.1. The maximum atomic E-state index is 11.9. The molecule has 1 aliphatic rings. The number of carbonyl (C=O) groups excluding carboxylic acids is 1. The summed E-state index contributed by atoms with van der Waals surface area (Å²) in [5.41, 5.74) is 4.48. The van der Waals surface area contributed by atoms with Crippen LogP contribution in [0.2, 0.25) is 0 Å². The predicted molar refractivity (Wildman–Crippen MR) is 111 cm³/mol. The van der Waals surface area contributed by atoms with Crippen LogP contribution in [0.1, 0.15) is 30.7 Å². The van der Waals surface area contributed by atoms with Gasteiger partial charge in [-0.1, -0.05) is 25.1 Å². The average Bonchev–Trinajstić information content (AvgIpc) is 2.69. The molecule has 0 radical (unpaired) electrons. The summed E-state index contributed by atoms with van der Waals surface area (Å²) in [4.78, 5) is 25.1. The van der Waals surface area contributed by atoms with Crippen LogP contribution in [0.3, 0.4) is 0 Å². The number of hydrogen-bond acceptors (Lipinski definition) is 6. The van der Waals surface area contributed by atoms with Crippen molar-refractivity contribution in [3.8, 4) is 0 Å². The van der Waals surface area contributed by atoms with Crippen molar-refractivity contribution >= 4 is 23.5 Å². The van der Waals surface area contributed by atoms with Crippen LogP contribution in [0.5, 0.6) is 0 Å². The van der Waals surface area contributed by atoms with E-state index >= 15 is 0 Å². The third-order valence-corrected chi connectivity index (χ3v) is 4.92. The molecule has 1 amide bonds. The number of nitrogens with zero attached hydrogens (tertiary/aromatic N) is 4. The quantitative estimate of drug-likeness (QED) is 0.849. The van der Waals surface area contributed by atoms with Gasteiger partial charge in [0.15, 0.2) is 0 Å². The molecule has 28 heavy (non-hydrogen) atoms. The molecule has 0 saturated carbocycles. The fraction of sp³-hybridized carbons (Fsp3) is 0.476. The number of aryl methyl sites for hydroxylation is 3. The van der Waals surface area contributed by atoms with Gasteiger partial charge in [-0.05, 0) is 38.3 Å². The SMILES string of the molecule is CCOC(=O)N1CCN(c2nc(C)cc(Nc3c(C)cccc3CC)n2)CC1. The standard InChI is InChI=1S/C21H29N5O2/c1-5-17-9-7-8-15(3)19(17)23-18-14-16(4)22-20(24-18)25-10-12-26(13-11-25)21(27)28-6-2/h7-9,14H,5-6,10-13H2,1-4H3,(H,22,23,24). The summed E-state index contributed by atoms with van der Waals surface area (Å²) in [5, 5.41) is 3.49. The maximum Gasteiger partial charge on any atom is 0.409 e. The van der Waals surface area contributed by atoms with Crippen molar-refractivity contribution in [1.82, 2.24) is 14.9 Å². The summed E-state index contributed by atoms with van der Waals surface area (Å²) in [6, 6.07) is 8.28. The Morgan fingerprint density at radius 1 is 1.14 bits per heavy atom. The first-order valence-corrected chi connectivity index (χ1v) is 9.89. The molecule has 7 nitrogen and oxygen atoms in total. The van der Waals surface area contributed by atoms with E-state index in [9.17, 15) is 4.79 Å². The number of ether oxygens (including phenoxy) is 1. The Morgan fingerprint density at radius 3 is 2.57 bits per heavy atom. The van der Waals surface area contributed by atoms with E-state index in [1.807, 2.05) is 19.9 Å². The lowest BCUT2D eigenvalue weighted by Gasteiger charge is -2.34. The predicted octanol–water partition coefficient (Wildman–Crippen LogP) is 3.68. The summed E-state index contributed by atoms with van der Waals surface area (Å²) < 4.78 is 5.09. The van der Waals surface area contributed by atoms with Gasteiger partial charge in [0.05, 0.1) is 6.61 Å². The van der Waals surface area contributed by atoms with Gasteiger partial charge in [0.2, 0.25) is 5.95 Å². The zero-order valence-corrected chi connectivity index (χ0v) is 17.2. The van der Waals surface area contributed by atoms with E-state index in [2.05, 4.69) is 47.2 Å². The van der Waals surface area contributed by atoms with Crippen LogP contribution in [0.25, 0.3) is 0 Å². The molecule has 3 rings (SSSR count). The molecule has 0 spiro atoms. The van der Waals surface area contributed by atoms with Crippen LogP contribution < -0.4 is 10.2 Å². The van der Waals surface area contributed by atoms with Crippen molar-refractivity contribution in [3.63, 3.8) is 0 Å². The number of nitrogens with one attached hydrogen (secondary N) is 1. The second kappa shape index (κ2) is 8.91. The normalized spacial score (nSPS) is 14.1. The number of piperazine rings is 1. The molecule has 0 aliphatic carbocycles. The summed E-state index contributed by atoms with van der Waals surface area (Å²) >= 11 is 0. The van der Waals surface area contributed by atoms with E-state index in [0.717, 1.165) is 23.6 Å². The lowest BCUT2D eigenvalue weighted by Crippen LogP contribution is -2.49. The fourth-order valence-corrected chi connectivity index (χ4v) is 3.39. The zero-order valence-electron chi connectivity index (χ0n) is 17.2.